The Labute approximate surface area is 170 Å². The molecule has 0 aliphatic carbocycles. The van der Waals surface area contributed by atoms with Gasteiger partial charge in [-0.15, -0.1) is 22.7 Å². The van der Waals surface area contributed by atoms with Crippen LogP contribution in [0.2, 0.25) is 4.34 Å². The second kappa shape index (κ2) is 8.65. The topological polar surface area (TPSA) is 62.3 Å². The van der Waals surface area contributed by atoms with Crippen LogP contribution in [0.3, 0.4) is 0 Å². The summed E-state index contributed by atoms with van der Waals surface area (Å²) in [7, 11) is 0. The third-order valence-electron chi connectivity index (χ3n) is 3.94. The lowest BCUT2D eigenvalue weighted by Crippen LogP contribution is -2.30. The van der Waals surface area contributed by atoms with Gasteiger partial charge in [0.1, 0.15) is 10.7 Å². The number of carbonyl (C=O) groups is 2. The number of nitrogens with one attached hydrogen (secondary N) is 1. The quantitative estimate of drug-likeness (QED) is 0.592. The smallest absolute Gasteiger partial charge is 0.275 e. The van der Waals surface area contributed by atoms with Gasteiger partial charge >= 0.3 is 0 Å². The fourth-order valence-corrected chi connectivity index (χ4v) is 4.45. The minimum atomic E-state index is -0.312. The van der Waals surface area contributed by atoms with E-state index in [4.69, 9.17) is 11.6 Å². The first kappa shape index (κ1) is 19.5. The molecule has 2 aromatic heterocycles. The molecule has 0 fully saturated rings. The average molecular weight is 420 g/mol. The van der Waals surface area contributed by atoms with Crippen molar-refractivity contribution in [3.8, 4) is 9.88 Å². The minimum Gasteiger partial charge on any atom is -0.339 e. The molecular weight excluding hydrogens is 402 g/mol. The maximum absolute atomic E-state index is 12.5. The lowest BCUT2D eigenvalue weighted by molar-refractivity contribution is 0.0772. The third kappa shape index (κ3) is 4.55. The number of rotatable bonds is 6. The van der Waals surface area contributed by atoms with Crippen molar-refractivity contribution in [3.63, 3.8) is 0 Å². The second-order valence-corrected chi connectivity index (χ2v) is 8.23. The number of benzene rings is 1. The van der Waals surface area contributed by atoms with E-state index in [1.165, 1.54) is 22.7 Å². The van der Waals surface area contributed by atoms with E-state index in [0.717, 1.165) is 9.88 Å². The average Bonchev–Trinajstić information content (AvgIpc) is 3.32. The van der Waals surface area contributed by atoms with Crippen molar-refractivity contribution in [1.29, 1.82) is 0 Å². The van der Waals surface area contributed by atoms with E-state index in [0.29, 0.717) is 34.4 Å². The molecule has 0 aliphatic heterocycles. The first-order valence-electron chi connectivity index (χ1n) is 8.43. The first-order chi connectivity index (χ1) is 13.0. The van der Waals surface area contributed by atoms with Gasteiger partial charge in [-0.05, 0) is 44.2 Å². The molecule has 8 heteroatoms. The van der Waals surface area contributed by atoms with Crippen LogP contribution >= 0.6 is 34.3 Å². The number of amides is 2. The maximum Gasteiger partial charge on any atom is 0.275 e. The van der Waals surface area contributed by atoms with Crippen molar-refractivity contribution in [2.75, 3.05) is 18.4 Å². The number of thiazole rings is 1. The van der Waals surface area contributed by atoms with Gasteiger partial charge in [0.25, 0.3) is 11.8 Å². The summed E-state index contributed by atoms with van der Waals surface area (Å²) in [5, 5.41) is 5.27. The van der Waals surface area contributed by atoms with Gasteiger partial charge in [0.05, 0.1) is 9.21 Å². The van der Waals surface area contributed by atoms with Gasteiger partial charge < -0.3 is 10.2 Å². The minimum absolute atomic E-state index is 0.0541. The zero-order valence-corrected chi connectivity index (χ0v) is 17.2. The Morgan fingerprint density at radius 1 is 1.19 bits per heavy atom. The SMILES string of the molecule is CCN(CC)C(=O)c1cccc(NC(=O)c2csc(-c3ccc(Cl)s3)n2)c1. The highest BCUT2D eigenvalue weighted by atomic mass is 35.5. The van der Waals surface area contributed by atoms with E-state index >= 15 is 0 Å². The molecule has 1 aromatic carbocycles. The van der Waals surface area contributed by atoms with E-state index in [9.17, 15) is 9.59 Å². The molecule has 1 N–H and O–H groups in total. The molecule has 0 aliphatic rings. The van der Waals surface area contributed by atoms with E-state index in [1.54, 1.807) is 40.6 Å². The predicted molar refractivity (Wildman–Crippen MR) is 112 cm³/mol. The van der Waals surface area contributed by atoms with Crippen LogP contribution in [0, 0.1) is 0 Å². The van der Waals surface area contributed by atoms with Crippen LogP contribution in [0.4, 0.5) is 5.69 Å². The molecule has 140 valence electrons. The van der Waals surface area contributed by atoms with Crippen LogP contribution in [0.1, 0.15) is 34.7 Å². The van der Waals surface area contributed by atoms with Gasteiger partial charge in [0.2, 0.25) is 0 Å². The van der Waals surface area contributed by atoms with Crippen molar-refractivity contribution in [2.45, 2.75) is 13.8 Å². The summed E-state index contributed by atoms with van der Waals surface area (Å²) in [5.41, 5.74) is 1.44. The Bertz CT molecular complexity index is 963. The summed E-state index contributed by atoms with van der Waals surface area (Å²) in [6.45, 7) is 5.15. The Hall–Kier alpha value is -2.22. The normalized spacial score (nSPS) is 10.6. The van der Waals surface area contributed by atoms with Crippen molar-refractivity contribution >= 4 is 51.8 Å². The molecule has 27 heavy (non-hydrogen) atoms. The summed E-state index contributed by atoms with van der Waals surface area (Å²) in [5.74, 6) is -0.366. The van der Waals surface area contributed by atoms with Crippen LogP contribution < -0.4 is 5.32 Å². The summed E-state index contributed by atoms with van der Waals surface area (Å²) in [6, 6.07) is 10.6. The second-order valence-electron chi connectivity index (χ2n) is 5.65. The Morgan fingerprint density at radius 2 is 1.96 bits per heavy atom. The monoisotopic (exact) mass is 419 g/mol. The van der Waals surface area contributed by atoms with Crippen LogP contribution in [0.25, 0.3) is 9.88 Å². The molecule has 0 bridgehead atoms. The molecule has 3 aromatic rings. The Kier molecular flexibility index (Phi) is 6.26. The van der Waals surface area contributed by atoms with Gasteiger partial charge in [0, 0.05) is 29.7 Å². The first-order valence-corrected chi connectivity index (χ1v) is 10.5. The molecule has 0 unspecified atom stereocenters. The predicted octanol–water partition coefficient (Wildman–Crippen LogP) is 5.26. The number of anilines is 1. The van der Waals surface area contributed by atoms with Crippen molar-refractivity contribution < 1.29 is 9.59 Å². The number of hydrogen-bond acceptors (Lipinski definition) is 5. The number of thiophene rings is 1. The lowest BCUT2D eigenvalue weighted by atomic mass is 10.1. The van der Waals surface area contributed by atoms with E-state index < -0.39 is 0 Å². The van der Waals surface area contributed by atoms with Crippen LogP contribution in [0.15, 0.2) is 41.8 Å². The molecule has 3 rings (SSSR count). The maximum atomic E-state index is 12.5. The van der Waals surface area contributed by atoms with Crippen LogP contribution in [0.5, 0.6) is 0 Å². The molecule has 0 atom stereocenters. The summed E-state index contributed by atoms with van der Waals surface area (Å²) in [6.07, 6.45) is 0. The molecule has 0 spiro atoms. The summed E-state index contributed by atoms with van der Waals surface area (Å²) >= 11 is 8.77. The zero-order valence-electron chi connectivity index (χ0n) is 14.9. The zero-order chi connectivity index (χ0) is 19.4. The number of nitrogens with zero attached hydrogens (tertiary/aromatic N) is 2. The number of halogens is 1. The fraction of sp³-hybridized carbons (Fsp3) is 0.211. The number of carbonyl (C=O) groups excluding carboxylic acids is 2. The Balaban J connectivity index is 1.74. The molecule has 0 radical (unpaired) electrons. The van der Waals surface area contributed by atoms with E-state index in [2.05, 4.69) is 10.3 Å². The number of aromatic nitrogens is 1. The van der Waals surface area contributed by atoms with Gasteiger partial charge in [-0.3, -0.25) is 9.59 Å². The molecule has 5 nitrogen and oxygen atoms in total. The van der Waals surface area contributed by atoms with Gasteiger partial charge in [-0.25, -0.2) is 4.98 Å². The standard InChI is InChI=1S/C19H18ClN3O2S2/c1-3-23(4-2)19(25)12-6-5-7-13(10-12)21-17(24)14-11-26-18(22-14)15-8-9-16(20)27-15/h5-11H,3-4H2,1-2H3,(H,21,24). The van der Waals surface area contributed by atoms with E-state index in [-0.39, 0.29) is 11.8 Å². The highest BCUT2D eigenvalue weighted by Crippen LogP contribution is 2.33. The van der Waals surface area contributed by atoms with Crippen LogP contribution in [-0.2, 0) is 0 Å². The summed E-state index contributed by atoms with van der Waals surface area (Å²) in [4.78, 5) is 32.0. The molecule has 0 saturated carbocycles. The highest BCUT2D eigenvalue weighted by Gasteiger charge is 2.16. The van der Waals surface area contributed by atoms with Crippen molar-refractivity contribution in [1.82, 2.24) is 9.88 Å². The molecular formula is C19H18ClN3O2S2. The van der Waals surface area contributed by atoms with E-state index in [1.807, 2.05) is 19.9 Å². The third-order valence-corrected chi connectivity index (χ3v) is 6.18. The van der Waals surface area contributed by atoms with Crippen molar-refractivity contribution in [3.05, 3.63) is 57.4 Å². The van der Waals surface area contributed by atoms with Gasteiger partial charge in [-0.2, -0.15) is 0 Å². The lowest BCUT2D eigenvalue weighted by Gasteiger charge is -2.18. The fourth-order valence-electron chi connectivity index (χ4n) is 2.54. The largest absolute Gasteiger partial charge is 0.339 e. The molecule has 2 heterocycles. The molecule has 2 amide bonds. The highest BCUT2D eigenvalue weighted by molar-refractivity contribution is 7.23. The van der Waals surface area contributed by atoms with Crippen LogP contribution in [-0.4, -0.2) is 34.8 Å². The number of hydrogen-bond donors (Lipinski definition) is 1. The molecule has 0 saturated heterocycles. The Morgan fingerprint density at radius 3 is 2.63 bits per heavy atom. The van der Waals surface area contributed by atoms with Gasteiger partial charge in [0.15, 0.2) is 0 Å². The van der Waals surface area contributed by atoms with Crippen molar-refractivity contribution in [2.24, 2.45) is 0 Å². The summed E-state index contributed by atoms with van der Waals surface area (Å²) < 4.78 is 0.681. The van der Waals surface area contributed by atoms with Gasteiger partial charge in [-0.1, -0.05) is 17.7 Å².